The zero-order valence-electron chi connectivity index (χ0n) is 28.0. The largest absolute Gasteiger partial charge is 0.497 e. The molecule has 0 heterocycles. The van der Waals surface area contributed by atoms with Crippen molar-refractivity contribution in [1.82, 2.24) is 0 Å². The number of unbranched alkanes of at least 4 members (excludes halogenated alkanes) is 1. The highest BCUT2D eigenvalue weighted by molar-refractivity contribution is 5.91. The smallest absolute Gasteiger partial charge is 0.338 e. The molecule has 0 amide bonds. The van der Waals surface area contributed by atoms with Crippen molar-refractivity contribution in [3.8, 4) is 11.5 Å². The van der Waals surface area contributed by atoms with E-state index in [2.05, 4.69) is 13.2 Å². The molecule has 0 N–H and O–H groups in total. The van der Waals surface area contributed by atoms with Crippen LogP contribution in [0, 0.1) is 0 Å². The van der Waals surface area contributed by atoms with Crippen molar-refractivity contribution in [2.75, 3.05) is 20.3 Å². The molecule has 0 aromatic heterocycles. The summed E-state index contributed by atoms with van der Waals surface area (Å²) in [6.45, 7) is 22.8. The molecule has 0 spiro atoms. The first-order valence-corrected chi connectivity index (χ1v) is 15.0. The lowest BCUT2D eigenvalue weighted by Gasteiger charge is -2.13. The summed E-state index contributed by atoms with van der Waals surface area (Å²) >= 11 is 0. The summed E-state index contributed by atoms with van der Waals surface area (Å²) in [6, 6.07) is 17.8. The number of carbonyl (C=O) groups is 3. The normalized spacial score (nSPS) is 10.2. The van der Waals surface area contributed by atoms with Crippen molar-refractivity contribution in [2.45, 2.75) is 74.1 Å². The van der Waals surface area contributed by atoms with Gasteiger partial charge >= 0.3 is 17.9 Å². The third-order valence-electron chi connectivity index (χ3n) is 5.59. The van der Waals surface area contributed by atoms with E-state index in [1.165, 1.54) is 29.8 Å². The first kappa shape index (κ1) is 39.6. The molecule has 3 aromatic rings. The summed E-state index contributed by atoms with van der Waals surface area (Å²) in [5, 5.41) is 2.06. The maximum absolute atomic E-state index is 12.5. The number of allylic oxidation sites excluding steroid dienone is 1. The number of benzene rings is 3. The second-order valence-electron chi connectivity index (χ2n) is 9.61. The van der Waals surface area contributed by atoms with Gasteiger partial charge in [-0.05, 0) is 93.3 Å². The van der Waals surface area contributed by atoms with E-state index in [0.717, 1.165) is 22.1 Å². The van der Waals surface area contributed by atoms with Gasteiger partial charge in [0.25, 0.3) is 0 Å². The summed E-state index contributed by atoms with van der Waals surface area (Å²) in [5.41, 5.74) is 2.68. The number of ether oxygens (including phenoxy) is 4. The first-order chi connectivity index (χ1) is 21.0. The number of esters is 3. The van der Waals surface area contributed by atoms with Crippen molar-refractivity contribution in [2.24, 2.45) is 0 Å². The molecule has 7 nitrogen and oxygen atoms in total. The standard InChI is InChI=1S/C29H30O7.C4H8.2C2H6/c1-19(2)27(30)36-25-12-9-21(10-13-25)29(32)35-16-6-5-15-34-28(31)20(3)22-7-8-24-18-26(33-4)14-11-23(24)17-22;1-4(2)3;2*1-2/h7-14,17-18,20H,1,5-6,15-16H2,2-4H3;1H2,2-3H3;2*1-2H3. The van der Waals surface area contributed by atoms with Crippen LogP contribution in [0.2, 0.25) is 0 Å². The van der Waals surface area contributed by atoms with Gasteiger partial charge in [-0.2, -0.15) is 0 Å². The molecule has 240 valence electrons. The lowest BCUT2D eigenvalue weighted by Crippen LogP contribution is -2.14. The van der Waals surface area contributed by atoms with Crippen LogP contribution in [-0.4, -0.2) is 38.2 Å². The Morgan fingerprint density at radius 2 is 1.23 bits per heavy atom. The van der Waals surface area contributed by atoms with Crippen molar-refractivity contribution in [3.05, 3.63) is 96.1 Å². The molecule has 0 aliphatic rings. The molecule has 0 saturated carbocycles. The average Bonchev–Trinajstić information content (AvgIpc) is 3.03. The minimum absolute atomic E-state index is 0.201. The topological polar surface area (TPSA) is 88.1 Å². The number of fused-ring (bicyclic) bond motifs is 1. The Morgan fingerprint density at radius 1 is 0.727 bits per heavy atom. The molecule has 1 unspecified atom stereocenters. The molecule has 0 bridgehead atoms. The number of methoxy groups -OCH3 is 1. The first-order valence-electron chi connectivity index (χ1n) is 15.0. The second-order valence-corrected chi connectivity index (χ2v) is 9.61. The SMILES string of the molecule is C=C(C)C.C=C(C)C(=O)Oc1ccc(C(=O)OCCCCOC(=O)C(C)c2ccc3cc(OC)ccc3c2)cc1.CC.CC. The van der Waals surface area contributed by atoms with Crippen LogP contribution in [0.15, 0.2) is 85.0 Å². The summed E-state index contributed by atoms with van der Waals surface area (Å²) in [5.74, 6) is -0.599. The van der Waals surface area contributed by atoms with Crippen molar-refractivity contribution in [1.29, 1.82) is 0 Å². The third kappa shape index (κ3) is 14.7. The van der Waals surface area contributed by atoms with Crippen LogP contribution in [-0.2, 0) is 19.1 Å². The minimum Gasteiger partial charge on any atom is -0.497 e. The van der Waals surface area contributed by atoms with Crippen LogP contribution in [0.25, 0.3) is 10.8 Å². The zero-order valence-corrected chi connectivity index (χ0v) is 28.0. The molecule has 0 radical (unpaired) electrons. The van der Waals surface area contributed by atoms with Crippen molar-refractivity contribution in [3.63, 3.8) is 0 Å². The molecule has 0 aliphatic heterocycles. The van der Waals surface area contributed by atoms with Gasteiger partial charge < -0.3 is 18.9 Å². The fraction of sp³-hybridized carbons (Fsp3) is 0.378. The molecular formula is C37H50O7. The average molecular weight is 607 g/mol. The quantitative estimate of drug-likeness (QED) is 0.0707. The Kier molecular flexibility index (Phi) is 20.0. The van der Waals surface area contributed by atoms with Gasteiger partial charge in [0.15, 0.2) is 0 Å². The molecule has 0 fully saturated rings. The zero-order chi connectivity index (χ0) is 33.7. The minimum atomic E-state index is -0.529. The maximum atomic E-state index is 12.5. The fourth-order valence-corrected chi connectivity index (χ4v) is 3.38. The highest BCUT2D eigenvalue weighted by Crippen LogP contribution is 2.26. The van der Waals surface area contributed by atoms with Gasteiger partial charge in [0, 0.05) is 5.57 Å². The maximum Gasteiger partial charge on any atom is 0.338 e. The molecule has 0 aliphatic carbocycles. The van der Waals surface area contributed by atoms with Gasteiger partial charge in [0.1, 0.15) is 11.5 Å². The van der Waals surface area contributed by atoms with Crippen LogP contribution in [0.4, 0.5) is 0 Å². The van der Waals surface area contributed by atoms with Crippen LogP contribution in [0.5, 0.6) is 11.5 Å². The van der Waals surface area contributed by atoms with Gasteiger partial charge in [-0.15, -0.1) is 6.58 Å². The number of hydrogen-bond acceptors (Lipinski definition) is 7. The van der Waals surface area contributed by atoms with Crippen LogP contribution in [0.3, 0.4) is 0 Å². The molecule has 44 heavy (non-hydrogen) atoms. The number of rotatable bonds is 11. The predicted octanol–water partition coefficient (Wildman–Crippen LogP) is 9.25. The monoisotopic (exact) mass is 606 g/mol. The Morgan fingerprint density at radius 3 is 1.77 bits per heavy atom. The van der Waals surface area contributed by atoms with E-state index in [1.54, 1.807) is 14.0 Å². The fourth-order valence-electron chi connectivity index (χ4n) is 3.38. The number of hydrogen-bond donors (Lipinski definition) is 0. The summed E-state index contributed by atoms with van der Waals surface area (Å²) in [6.07, 6.45) is 1.12. The van der Waals surface area contributed by atoms with Gasteiger partial charge in [-0.1, -0.05) is 64.1 Å². The molecular weight excluding hydrogens is 556 g/mol. The molecule has 0 saturated heterocycles. The Bertz CT molecular complexity index is 1340. The Labute approximate surface area is 263 Å². The number of carbonyl (C=O) groups excluding carboxylic acids is 3. The lowest BCUT2D eigenvalue weighted by atomic mass is 9.98. The summed E-state index contributed by atoms with van der Waals surface area (Å²) < 4.78 is 21.0. The van der Waals surface area contributed by atoms with E-state index in [-0.39, 0.29) is 24.8 Å². The van der Waals surface area contributed by atoms with Crippen LogP contribution >= 0.6 is 0 Å². The molecule has 7 heteroatoms. The highest BCUT2D eigenvalue weighted by Gasteiger charge is 2.17. The third-order valence-corrected chi connectivity index (χ3v) is 5.59. The summed E-state index contributed by atoms with van der Waals surface area (Å²) in [7, 11) is 1.63. The van der Waals surface area contributed by atoms with E-state index in [0.29, 0.717) is 24.2 Å². The van der Waals surface area contributed by atoms with Gasteiger partial charge in [-0.3, -0.25) is 4.79 Å². The van der Waals surface area contributed by atoms with Gasteiger partial charge in [-0.25, -0.2) is 9.59 Å². The van der Waals surface area contributed by atoms with Gasteiger partial charge in [0.2, 0.25) is 0 Å². The van der Waals surface area contributed by atoms with E-state index in [1.807, 2.05) is 84.9 Å². The molecule has 1 atom stereocenters. The highest BCUT2D eigenvalue weighted by atomic mass is 16.5. The van der Waals surface area contributed by atoms with E-state index in [9.17, 15) is 14.4 Å². The van der Waals surface area contributed by atoms with Crippen molar-refractivity contribution < 1.29 is 33.3 Å². The van der Waals surface area contributed by atoms with E-state index < -0.39 is 17.9 Å². The Hall–Kier alpha value is -4.39. The van der Waals surface area contributed by atoms with E-state index in [4.69, 9.17) is 18.9 Å². The van der Waals surface area contributed by atoms with Crippen LogP contribution < -0.4 is 9.47 Å². The second kappa shape index (κ2) is 22.2. The van der Waals surface area contributed by atoms with E-state index >= 15 is 0 Å². The Balaban J connectivity index is 0.00000210. The summed E-state index contributed by atoms with van der Waals surface area (Å²) in [4.78, 5) is 36.2. The van der Waals surface area contributed by atoms with Crippen LogP contribution in [0.1, 0.15) is 90.1 Å². The lowest BCUT2D eigenvalue weighted by molar-refractivity contribution is -0.145. The molecule has 3 rings (SSSR count). The molecule has 3 aromatic carbocycles. The predicted molar refractivity (Wildman–Crippen MR) is 179 cm³/mol. The van der Waals surface area contributed by atoms with Gasteiger partial charge in [0.05, 0.1) is 31.8 Å². The van der Waals surface area contributed by atoms with Crippen molar-refractivity contribution >= 4 is 28.7 Å².